The maximum Gasteiger partial charge on any atom is 0.389 e. The molecule has 2 aromatic rings. The Kier molecular flexibility index (Phi) is 9.74. The van der Waals surface area contributed by atoms with E-state index in [0.717, 1.165) is 10.4 Å². The fraction of sp³-hybridized carbons (Fsp3) is 0.462. The van der Waals surface area contributed by atoms with Crippen molar-refractivity contribution in [2.75, 3.05) is 6.61 Å². The van der Waals surface area contributed by atoms with Crippen molar-refractivity contribution in [3.8, 4) is 0 Å². The van der Waals surface area contributed by atoms with Crippen molar-refractivity contribution in [1.82, 2.24) is 0 Å². The van der Waals surface area contributed by atoms with Crippen LogP contribution in [0, 0.1) is 0 Å². The summed E-state index contributed by atoms with van der Waals surface area (Å²) in [7, 11) is -2.75. The van der Waals surface area contributed by atoms with Gasteiger partial charge in [-0.1, -0.05) is 93.6 Å². The van der Waals surface area contributed by atoms with E-state index in [2.05, 4.69) is 45.0 Å². The summed E-state index contributed by atoms with van der Waals surface area (Å²) in [5, 5.41) is 12.2. The van der Waals surface area contributed by atoms with Gasteiger partial charge in [-0.15, -0.1) is 0 Å². The fourth-order valence-electron chi connectivity index (χ4n) is 4.05. The molecule has 0 aliphatic carbocycles. The highest BCUT2D eigenvalue weighted by molar-refractivity contribution is 6.99. The Labute approximate surface area is 191 Å². The van der Waals surface area contributed by atoms with Gasteiger partial charge in [-0.25, -0.2) is 0 Å². The number of unbranched alkanes of at least 4 members (excludes halogenated alkanes) is 2. The largest absolute Gasteiger partial charge is 0.402 e. The summed E-state index contributed by atoms with van der Waals surface area (Å²) in [5.41, 5.74) is 0. The lowest BCUT2D eigenvalue weighted by atomic mass is 10.1. The van der Waals surface area contributed by atoms with Crippen LogP contribution in [0.3, 0.4) is 0 Å². The zero-order valence-electron chi connectivity index (χ0n) is 19.2. The molecule has 0 aromatic heterocycles. The molecule has 0 spiro atoms. The van der Waals surface area contributed by atoms with Crippen LogP contribution in [0.25, 0.3) is 0 Å². The standard InChI is InChI=1S/C26H35F3O2Si/c1-25(2,3)32(23-16-10-7-11-17-23,24-18-12-8-13-19-24)31-22(21-30)15-9-5-4-6-14-20-26(27,28)29/h5,7-13,16-19,22,30H,4,6,14-15,20-21H2,1-3H3/b9-5+. The van der Waals surface area contributed by atoms with Crippen LogP contribution in [0.4, 0.5) is 13.2 Å². The second kappa shape index (κ2) is 11.8. The van der Waals surface area contributed by atoms with Crippen molar-refractivity contribution in [2.24, 2.45) is 0 Å². The molecule has 6 heteroatoms. The van der Waals surface area contributed by atoms with Gasteiger partial charge in [-0.3, -0.25) is 0 Å². The van der Waals surface area contributed by atoms with E-state index in [1.807, 2.05) is 48.6 Å². The first kappa shape index (κ1) is 26.4. The topological polar surface area (TPSA) is 29.5 Å². The van der Waals surface area contributed by atoms with Crippen LogP contribution in [0.5, 0.6) is 0 Å². The number of halogens is 3. The number of alkyl halides is 3. The second-order valence-corrected chi connectivity index (χ2v) is 13.4. The van der Waals surface area contributed by atoms with Crippen LogP contribution in [-0.2, 0) is 4.43 Å². The average Bonchev–Trinajstić information content (AvgIpc) is 2.75. The van der Waals surface area contributed by atoms with Crippen molar-refractivity contribution in [3.63, 3.8) is 0 Å². The van der Waals surface area contributed by atoms with Gasteiger partial charge in [0.1, 0.15) is 0 Å². The predicted molar refractivity (Wildman–Crippen MR) is 128 cm³/mol. The summed E-state index contributed by atoms with van der Waals surface area (Å²) >= 11 is 0. The van der Waals surface area contributed by atoms with Crippen LogP contribution in [-0.4, -0.2) is 32.3 Å². The number of aliphatic hydroxyl groups is 1. The van der Waals surface area contributed by atoms with E-state index < -0.39 is 27.0 Å². The molecule has 1 atom stereocenters. The molecule has 0 saturated heterocycles. The molecule has 0 radical (unpaired) electrons. The highest BCUT2D eigenvalue weighted by atomic mass is 28.4. The summed E-state index contributed by atoms with van der Waals surface area (Å²) in [6, 6.07) is 20.5. The van der Waals surface area contributed by atoms with E-state index in [9.17, 15) is 18.3 Å². The molecule has 2 rings (SSSR count). The first-order chi connectivity index (χ1) is 15.1. The molecular formula is C26H35F3O2Si. The van der Waals surface area contributed by atoms with Crippen LogP contribution >= 0.6 is 0 Å². The molecule has 0 saturated carbocycles. The Morgan fingerprint density at radius 1 is 0.875 bits per heavy atom. The number of benzene rings is 2. The molecule has 0 amide bonds. The van der Waals surface area contributed by atoms with Crippen LogP contribution in [0.1, 0.15) is 52.9 Å². The molecule has 1 unspecified atom stereocenters. The van der Waals surface area contributed by atoms with Gasteiger partial charge >= 0.3 is 6.18 Å². The molecule has 0 heterocycles. The third-order valence-corrected chi connectivity index (χ3v) is 10.7. The van der Waals surface area contributed by atoms with E-state index >= 15 is 0 Å². The van der Waals surface area contributed by atoms with E-state index in [4.69, 9.17) is 4.43 Å². The highest BCUT2D eigenvalue weighted by Crippen LogP contribution is 2.37. The molecular weight excluding hydrogens is 429 g/mol. The predicted octanol–water partition coefficient (Wildman–Crippen LogP) is 5.99. The Morgan fingerprint density at radius 2 is 1.41 bits per heavy atom. The van der Waals surface area contributed by atoms with E-state index in [1.165, 1.54) is 0 Å². The smallest absolute Gasteiger partial charge is 0.389 e. The normalized spacial score (nSPS) is 14.1. The van der Waals surface area contributed by atoms with Crippen LogP contribution in [0.2, 0.25) is 5.04 Å². The molecule has 0 aliphatic heterocycles. The van der Waals surface area contributed by atoms with Gasteiger partial charge in [0.15, 0.2) is 0 Å². The summed E-state index contributed by atoms with van der Waals surface area (Å²) in [6.07, 6.45) is 0.332. The number of rotatable bonds is 11. The Morgan fingerprint density at radius 3 is 1.84 bits per heavy atom. The summed E-state index contributed by atoms with van der Waals surface area (Å²) in [5.74, 6) is 0. The van der Waals surface area contributed by atoms with Crippen molar-refractivity contribution in [2.45, 2.75) is 70.2 Å². The number of aliphatic hydroxyl groups excluding tert-OH is 1. The van der Waals surface area contributed by atoms with Crippen molar-refractivity contribution in [1.29, 1.82) is 0 Å². The van der Waals surface area contributed by atoms with Crippen molar-refractivity contribution >= 4 is 18.7 Å². The zero-order valence-corrected chi connectivity index (χ0v) is 20.2. The Balaban J connectivity index is 2.20. The summed E-state index contributed by atoms with van der Waals surface area (Å²) < 4.78 is 43.7. The SMILES string of the molecule is CC(C)(C)[Si](OC(CO)C/C=C/CCCCC(F)(F)F)(c1ccccc1)c1ccccc1. The zero-order chi connectivity index (χ0) is 23.7. The molecule has 32 heavy (non-hydrogen) atoms. The maximum absolute atomic E-state index is 12.3. The Hall–Kier alpha value is -1.89. The Bertz CT molecular complexity index is 775. The molecule has 0 bridgehead atoms. The van der Waals surface area contributed by atoms with Gasteiger partial charge in [0, 0.05) is 6.42 Å². The molecule has 0 aliphatic rings. The summed E-state index contributed by atoms with van der Waals surface area (Å²) in [6.45, 7) is 6.43. The minimum absolute atomic E-state index is 0.122. The lowest BCUT2D eigenvalue weighted by Gasteiger charge is -2.45. The maximum atomic E-state index is 12.3. The van der Waals surface area contributed by atoms with E-state index in [1.54, 1.807) is 0 Å². The average molecular weight is 465 g/mol. The summed E-state index contributed by atoms with van der Waals surface area (Å²) in [4.78, 5) is 0. The molecule has 2 aromatic carbocycles. The van der Waals surface area contributed by atoms with Gasteiger partial charge in [0.05, 0.1) is 12.7 Å². The van der Waals surface area contributed by atoms with Gasteiger partial charge in [0.2, 0.25) is 0 Å². The quantitative estimate of drug-likeness (QED) is 0.251. The van der Waals surface area contributed by atoms with Crippen molar-refractivity contribution in [3.05, 3.63) is 72.8 Å². The van der Waals surface area contributed by atoms with Crippen LogP contribution in [0.15, 0.2) is 72.8 Å². The number of allylic oxidation sites excluding steroid dienone is 1. The molecule has 2 nitrogen and oxygen atoms in total. The third-order valence-electron chi connectivity index (χ3n) is 5.61. The van der Waals surface area contributed by atoms with Gasteiger partial charge in [0.25, 0.3) is 8.32 Å². The van der Waals surface area contributed by atoms with E-state index in [0.29, 0.717) is 19.3 Å². The van der Waals surface area contributed by atoms with E-state index in [-0.39, 0.29) is 18.1 Å². The van der Waals surface area contributed by atoms with Gasteiger partial charge < -0.3 is 9.53 Å². The van der Waals surface area contributed by atoms with Gasteiger partial charge in [-0.2, -0.15) is 13.2 Å². The second-order valence-electron chi connectivity index (χ2n) is 9.15. The number of hydrogen-bond acceptors (Lipinski definition) is 2. The minimum Gasteiger partial charge on any atom is -0.402 e. The lowest BCUT2D eigenvalue weighted by molar-refractivity contribution is -0.135. The van der Waals surface area contributed by atoms with Crippen LogP contribution < -0.4 is 10.4 Å². The molecule has 0 fully saturated rings. The van der Waals surface area contributed by atoms with Crippen molar-refractivity contribution < 1.29 is 22.7 Å². The minimum atomic E-state index is -4.09. The molecule has 176 valence electrons. The fourth-order valence-corrected chi connectivity index (χ4v) is 8.74. The monoisotopic (exact) mass is 464 g/mol. The van der Waals surface area contributed by atoms with Gasteiger partial charge in [-0.05, 0) is 41.1 Å². The number of hydrogen-bond donors (Lipinski definition) is 1. The molecule has 1 N–H and O–H groups in total. The lowest BCUT2D eigenvalue weighted by Crippen LogP contribution is -2.68. The highest BCUT2D eigenvalue weighted by Gasteiger charge is 2.51. The first-order valence-corrected chi connectivity index (χ1v) is 13.1. The third kappa shape index (κ3) is 7.32. The first-order valence-electron chi connectivity index (χ1n) is 11.2.